The highest BCUT2D eigenvalue weighted by Crippen LogP contribution is 2.46. The van der Waals surface area contributed by atoms with Crippen molar-refractivity contribution in [1.29, 1.82) is 0 Å². The molecular weight excluding hydrogens is 403 g/mol. The minimum atomic E-state index is -5.10. The minimum absolute atomic E-state index is 0.121. The summed E-state index contributed by atoms with van der Waals surface area (Å²) in [7, 11) is -5.10. The van der Waals surface area contributed by atoms with E-state index in [2.05, 4.69) is 15.6 Å². The molecule has 0 spiro atoms. The van der Waals surface area contributed by atoms with Gasteiger partial charge in [-0.1, -0.05) is 0 Å². The van der Waals surface area contributed by atoms with Gasteiger partial charge >= 0.3 is 7.60 Å². The molecule has 16 heteroatoms. The molecule has 2 aliphatic heterocycles. The maximum atomic E-state index is 11.4. The number of carbonyl (C=O) groups is 1. The molecule has 0 bridgehead atoms. The first-order chi connectivity index (χ1) is 13.1. The second-order valence-electron chi connectivity index (χ2n) is 5.69. The summed E-state index contributed by atoms with van der Waals surface area (Å²) in [6.07, 6.45) is 0.761. The number of fused-ring (bicyclic) bond motifs is 1. The van der Waals surface area contributed by atoms with Gasteiger partial charge in [0.2, 0.25) is 23.2 Å². The number of hydrogen-bond donors (Lipinski definition) is 9. The summed E-state index contributed by atoms with van der Waals surface area (Å²) >= 11 is 0. The predicted molar refractivity (Wildman–Crippen MR) is 89.7 cm³/mol. The zero-order chi connectivity index (χ0) is 20.6. The number of furan rings is 1. The van der Waals surface area contributed by atoms with E-state index in [4.69, 9.17) is 29.9 Å². The molecule has 3 heterocycles. The highest BCUT2D eigenvalue weighted by molar-refractivity contribution is 7.53. The highest BCUT2D eigenvalue weighted by Gasteiger charge is 2.39. The Morgan fingerprint density at radius 2 is 2.21 bits per heavy atom. The van der Waals surface area contributed by atoms with Crippen LogP contribution in [0.4, 0.5) is 5.88 Å². The summed E-state index contributed by atoms with van der Waals surface area (Å²) in [5, 5.41) is 34.6. The summed E-state index contributed by atoms with van der Waals surface area (Å²) in [6, 6.07) is 0. The third-order valence-electron chi connectivity index (χ3n) is 3.92. The lowest BCUT2D eigenvalue weighted by atomic mass is 10.3. The van der Waals surface area contributed by atoms with Crippen molar-refractivity contribution in [3.63, 3.8) is 0 Å². The van der Waals surface area contributed by atoms with Gasteiger partial charge in [0.15, 0.2) is 5.76 Å². The molecule has 0 aromatic carbocycles. The fourth-order valence-corrected chi connectivity index (χ4v) is 3.26. The lowest BCUT2D eigenvalue weighted by Gasteiger charge is -2.24. The number of ether oxygens (including phenoxy) is 1. The Hall–Kier alpha value is -2.97. The number of rotatable bonds is 6. The van der Waals surface area contributed by atoms with Gasteiger partial charge in [0, 0.05) is 0 Å². The van der Waals surface area contributed by atoms with E-state index in [0.29, 0.717) is 5.70 Å². The highest BCUT2D eigenvalue weighted by atomic mass is 31.2. The van der Waals surface area contributed by atoms with Gasteiger partial charge in [0.05, 0.1) is 18.7 Å². The van der Waals surface area contributed by atoms with Crippen molar-refractivity contribution in [2.45, 2.75) is 18.6 Å². The van der Waals surface area contributed by atoms with Crippen molar-refractivity contribution < 1.29 is 43.7 Å². The predicted octanol–water partition coefficient (Wildman–Crippen LogP) is -2.33. The van der Waals surface area contributed by atoms with Crippen LogP contribution in [-0.2, 0) is 20.7 Å². The van der Waals surface area contributed by atoms with Crippen LogP contribution in [0.3, 0.4) is 0 Å². The van der Waals surface area contributed by atoms with Gasteiger partial charge in [0.1, 0.15) is 18.6 Å². The fraction of sp³-hybridized carbons (Fsp3) is 0.333. The number of aliphatic imine (C=N–C) groups is 1. The summed E-state index contributed by atoms with van der Waals surface area (Å²) in [5.41, 5.74) is 7.33. The number of aromatic hydroxyl groups is 2. The first-order valence-corrected chi connectivity index (χ1v) is 9.26. The van der Waals surface area contributed by atoms with Crippen molar-refractivity contribution in [3.8, 4) is 11.5 Å². The Morgan fingerprint density at radius 3 is 2.86 bits per heavy atom. The molecular formula is C12H17N6O9P. The van der Waals surface area contributed by atoms with Crippen molar-refractivity contribution in [2.24, 2.45) is 10.7 Å². The van der Waals surface area contributed by atoms with E-state index >= 15 is 0 Å². The van der Waals surface area contributed by atoms with Gasteiger partial charge in [-0.2, -0.15) is 0 Å². The van der Waals surface area contributed by atoms with Crippen LogP contribution in [0.25, 0.3) is 0 Å². The van der Waals surface area contributed by atoms with Crippen molar-refractivity contribution in [2.75, 3.05) is 11.6 Å². The average molecular weight is 420 g/mol. The van der Waals surface area contributed by atoms with Crippen molar-refractivity contribution >= 4 is 25.7 Å². The second-order valence-corrected chi connectivity index (χ2v) is 7.33. The molecule has 154 valence electrons. The zero-order valence-corrected chi connectivity index (χ0v) is 14.8. The lowest BCUT2D eigenvalue weighted by molar-refractivity contribution is -0.138. The van der Waals surface area contributed by atoms with Gasteiger partial charge in [0.25, 0.3) is 5.91 Å². The van der Waals surface area contributed by atoms with Crippen LogP contribution in [0.5, 0.6) is 11.5 Å². The molecule has 2 atom stereocenters. The molecule has 1 fully saturated rings. The third-order valence-corrected chi connectivity index (χ3v) is 4.92. The van der Waals surface area contributed by atoms with E-state index in [1.54, 1.807) is 0 Å². The van der Waals surface area contributed by atoms with Crippen LogP contribution in [0.15, 0.2) is 20.9 Å². The first kappa shape index (κ1) is 19.8. The fourth-order valence-electron chi connectivity index (χ4n) is 2.63. The van der Waals surface area contributed by atoms with Crippen LogP contribution < -0.4 is 26.7 Å². The Morgan fingerprint density at radius 1 is 1.50 bits per heavy atom. The molecule has 10 N–H and O–H groups in total. The number of carbonyl (C=O) groups excluding carboxylic acids is 1. The SMILES string of the molecule is NC1=C2NCN(c3oc(COC(C(=O)NO)P(=O)(O)O)c(O)c3O)[C@H]2NC=N1. The average Bonchev–Trinajstić information content (AvgIpc) is 3.17. The van der Waals surface area contributed by atoms with Crippen molar-refractivity contribution in [1.82, 2.24) is 16.1 Å². The second kappa shape index (κ2) is 7.21. The largest absolute Gasteiger partial charge is 0.502 e. The Balaban J connectivity index is 1.82. The Kier molecular flexibility index (Phi) is 5.10. The Labute approximate surface area is 156 Å². The van der Waals surface area contributed by atoms with Gasteiger partial charge in [-0.25, -0.2) is 10.5 Å². The van der Waals surface area contributed by atoms with Crippen LogP contribution >= 0.6 is 7.60 Å². The molecule has 1 saturated heterocycles. The number of nitrogens with one attached hydrogen (secondary N) is 3. The molecule has 3 rings (SSSR count). The van der Waals surface area contributed by atoms with Crippen LogP contribution in [0.1, 0.15) is 5.76 Å². The van der Waals surface area contributed by atoms with E-state index in [0.717, 1.165) is 5.48 Å². The standard InChI is InChI=1S/C12H17N6O9P/c13-8-5-9(15-2-14-8)18(3-16-5)11-7(20)6(19)4(27-11)1-26-12(10(21)17-22)28(23,24)25/h2,9,12,16,19-20,22H,1,3,13H2,(H,14,15)(H,17,21)(H2,23,24,25)/t9-,12?/m1/s1. The van der Waals surface area contributed by atoms with Crippen molar-refractivity contribution in [3.05, 3.63) is 17.3 Å². The van der Waals surface area contributed by atoms with Crippen LogP contribution in [-0.4, -0.2) is 56.1 Å². The summed E-state index contributed by atoms with van der Waals surface area (Å²) in [4.78, 5) is 35.0. The summed E-state index contributed by atoms with van der Waals surface area (Å²) in [6.45, 7) is -0.676. The molecule has 1 aromatic heterocycles. The minimum Gasteiger partial charge on any atom is -0.502 e. The molecule has 1 amide bonds. The molecule has 1 aromatic rings. The van der Waals surface area contributed by atoms with E-state index in [9.17, 15) is 19.6 Å². The molecule has 0 aliphatic carbocycles. The molecule has 28 heavy (non-hydrogen) atoms. The van der Waals surface area contributed by atoms with Crippen LogP contribution in [0.2, 0.25) is 0 Å². The quantitative estimate of drug-likeness (QED) is 0.133. The number of hydrogen-bond acceptors (Lipinski definition) is 12. The summed E-state index contributed by atoms with van der Waals surface area (Å²) in [5.74, 6) is -5.66. The first-order valence-electron chi connectivity index (χ1n) is 7.58. The maximum Gasteiger partial charge on any atom is 0.363 e. The topological polar surface area (TPSA) is 235 Å². The van der Waals surface area contributed by atoms with Gasteiger partial charge in [-0.3, -0.25) is 19.5 Å². The lowest BCUT2D eigenvalue weighted by Crippen LogP contribution is -2.43. The summed E-state index contributed by atoms with van der Waals surface area (Å²) < 4.78 is 21.4. The molecule has 2 aliphatic rings. The van der Waals surface area contributed by atoms with Crippen LogP contribution in [0, 0.1) is 0 Å². The van der Waals surface area contributed by atoms with E-state index in [1.807, 2.05) is 0 Å². The van der Waals surface area contributed by atoms with E-state index in [-0.39, 0.29) is 18.4 Å². The smallest absolute Gasteiger partial charge is 0.363 e. The molecule has 0 radical (unpaired) electrons. The normalized spacial score (nSPS) is 19.8. The monoisotopic (exact) mass is 420 g/mol. The number of nitrogens with two attached hydrogens (primary N) is 1. The van der Waals surface area contributed by atoms with E-state index < -0.39 is 49.4 Å². The van der Waals surface area contributed by atoms with Gasteiger partial charge < -0.3 is 45.5 Å². The molecule has 1 unspecified atom stereocenters. The number of amides is 1. The number of hydroxylamine groups is 1. The van der Waals surface area contributed by atoms with Gasteiger partial charge in [-0.15, -0.1) is 0 Å². The molecule has 0 saturated carbocycles. The zero-order valence-electron chi connectivity index (χ0n) is 13.9. The Bertz CT molecular complexity index is 892. The molecule has 15 nitrogen and oxygen atoms in total. The number of nitrogens with zero attached hydrogens (tertiary/aromatic N) is 2. The van der Waals surface area contributed by atoms with Gasteiger partial charge in [-0.05, 0) is 0 Å². The van der Waals surface area contributed by atoms with E-state index in [1.165, 1.54) is 11.2 Å². The number of anilines is 1. The third kappa shape index (κ3) is 3.44. The maximum absolute atomic E-state index is 11.4.